The molecular weight excluding hydrogens is 178 g/mol. The van der Waals surface area contributed by atoms with Gasteiger partial charge in [-0.25, -0.2) is 0 Å². The molecule has 1 aliphatic heterocycles. The Hall–Kier alpha value is -1.77. The molecule has 1 amide bonds. The van der Waals surface area contributed by atoms with Gasteiger partial charge in [0.05, 0.1) is 6.54 Å². The lowest BCUT2D eigenvalue weighted by Gasteiger charge is -2.20. The van der Waals surface area contributed by atoms with Crippen LogP contribution in [-0.2, 0) is 4.79 Å². The maximum atomic E-state index is 9.98. The third kappa shape index (κ3) is 1.76. The van der Waals surface area contributed by atoms with Crippen molar-refractivity contribution in [2.24, 2.45) is 0 Å². The highest BCUT2D eigenvalue weighted by atomic mass is 16.5. The molecule has 1 aromatic rings. The van der Waals surface area contributed by atoms with Gasteiger partial charge in [-0.1, -0.05) is 24.3 Å². The van der Waals surface area contributed by atoms with Crippen molar-refractivity contribution in [2.45, 2.75) is 6.10 Å². The van der Waals surface area contributed by atoms with Crippen LogP contribution in [0.3, 0.4) is 0 Å². The van der Waals surface area contributed by atoms with E-state index in [0.29, 0.717) is 6.54 Å². The number of hydrogen-bond acceptors (Lipinski definition) is 2. The summed E-state index contributed by atoms with van der Waals surface area (Å²) in [4.78, 5) is 9.98. The second-order valence-corrected chi connectivity index (χ2v) is 3.04. The minimum Gasteiger partial charge on any atom is -0.484 e. The van der Waals surface area contributed by atoms with Gasteiger partial charge in [0.25, 0.3) is 0 Å². The number of nitrogens with one attached hydrogen (secondary N) is 1. The molecule has 0 spiro atoms. The van der Waals surface area contributed by atoms with Crippen molar-refractivity contribution in [1.29, 1.82) is 0 Å². The maximum Gasteiger partial charge on any atom is 0.309 e. The van der Waals surface area contributed by atoms with Crippen molar-refractivity contribution in [2.75, 3.05) is 6.54 Å². The van der Waals surface area contributed by atoms with E-state index in [1.807, 2.05) is 36.4 Å². The van der Waals surface area contributed by atoms with Gasteiger partial charge in [-0.05, 0) is 12.1 Å². The molecule has 14 heavy (non-hydrogen) atoms. The SMILES string of the molecule is O=[C]NCC1C=Cc2ccccc2O1. The summed E-state index contributed by atoms with van der Waals surface area (Å²) < 4.78 is 5.61. The lowest BCUT2D eigenvalue weighted by molar-refractivity contribution is 0.247. The first kappa shape index (κ1) is 8.81. The second kappa shape index (κ2) is 3.96. The number of fused-ring (bicyclic) bond motifs is 1. The van der Waals surface area contributed by atoms with Gasteiger partial charge in [-0.2, -0.15) is 0 Å². The Balaban J connectivity index is 2.09. The Morgan fingerprint density at radius 1 is 1.43 bits per heavy atom. The van der Waals surface area contributed by atoms with Gasteiger partial charge in [-0.15, -0.1) is 0 Å². The van der Waals surface area contributed by atoms with E-state index in [1.165, 1.54) is 0 Å². The first-order valence-corrected chi connectivity index (χ1v) is 4.44. The molecule has 71 valence electrons. The largest absolute Gasteiger partial charge is 0.484 e. The molecule has 3 heteroatoms. The number of benzene rings is 1. The Bertz CT molecular complexity index is 360. The van der Waals surface area contributed by atoms with E-state index in [9.17, 15) is 4.79 Å². The second-order valence-electron chi connectivity index (χ2n) is 3.04. The third-order valence-corrected chi connectivity index (χ3v) is 2.06. The van der Waals surface area contributed by atoms with Gasteiger partial charge in [0, 0.05) is 5.56 Å². The molecule has 1 atom stereocenters. The molecule has 1 aromatic carbocycles. The zero-order chi connectivity index (χ0) is 9.80. The summed E-state index contributed by atoms with van der Waals surface area (Å²) in [5, 5.41) is 2.47. The lowest BCUT2D eigenvalue weighted by atomic mass is 10.1. The van der Waals surface area contributed by atoms with Crippen LogP contribution < -0.4 is 10.1 Å². The van der Waals surface area contributed by atoms with Crippen molar-refractivity contribution in [3.63, 3.8) is 0 Å². The van der Waals surface area contributed by atoms with Gasteiger partial charge in [-0.3, -0.25) is 4.79 Å². The van der Waals surface area contributed by atoms with Crippen molar-refractivity contribution < 1.29 is 9.53 Å². The van der Waals surface area contributed by atoms with Crippen LogP contribution in [0.2, 0.25) is 0 Å². The van der Waals surface area contributed by atoms with Gasteiger partial charge in [0.2, 0.25) is 0 Å². The quantitative estimate of drug-likeness (QED) is 0.722. The van der Waals surface area contributed by atoms with Crippen LogP contribution in [0.4, 0.5) is 0 Å². The molecular formula is C11H10NO2. The average molecular weight is 188 g/mol. The molecule has 0 aliphatic carbocycles. The highest BCUT2D eigenvalue weighted by Gasteiger charge is 2.12. The van der Waals surface area contributed by atoms with Crippen LogP contribution in [-0.4, -0.2) is 19.1 Å². The summed E-state index contributed by atoms with van der Waals surface area (Å²) in [6.07, 6.45) is 5.45. The Morgan fingerprint density at radius 3 is 3.14 bits per heavy atom. The highest BCUT2D eigenvalue weighted by molar-refractivity contribution is 5.60. The topological polar surface area (TPSA) is 38.3 Å². The zero-order valence-corrected chi connectivity index (χ0v) is 7.57. The lowest BCUT2D eigenvalue weighted by Crippen LogP contribution is -2.30. The first-order valence-electron chi connectivity index (χ1n) is 4.44. The molecule has 0 aromatic heterocycles. The third-order valence-electron chi connectivity index (χ3n) is 2.06. The van der Waals surface area contributed by atoms with Gasteiger partial charge in [0.1, 0.15) is 11.9 Å². The number of hydrogen-bond donors (Lipinski definition) is 1. The van der Waals surface area contributed by atoms with Crippen molar-refractivity contribution >= 4 is 12.5 Å². The van der Waals surface area contributed by atoms with Gasteiger partial charge in [0.15, 0.2) is 0 Å². The standard InChI is InChI=1S/C11H10NO2/c13-8-12-7-10-6-5-9-3-1-2-4-11(9)14-10/h1-6,10H,7H2,(H,12,13). The monoisotopic (exact) mass is 188 g/mol. The summed E-state index contributed by atoms with van der Waals surface area (Å²) in [6, 6.07) is 7.79. The summed E-state index contributed by atoms with van der Waals surface area (Å²) in [5.41, 5.74) is 1.07. The summed E-state index contributed by atoms with van der Waals surface area (Å²) >= 11 is 0. The summed E-state index contributed by atoms with van der Waals surface area (Å²) in [6.45, 7) is 0.453. The van der Waals surface area contributed by atoms with Gasteiger partial charge < -0.3 is 10.1 Å². The van der Waals surface area contributed by atoms with Crippen LogP contribution in [0.5, 0.6) is 5.75 Å². The van der Waals surface area contributed by atoms with E-state index >= 15 is 0 Å². The molecule has 1 heterocycles. The van der Waals surface area contributed by atoms with E-state index in [0.717, 1.165) is 11.3 Å². The van der Waals surface area contributed by atoms with Crippen LogP contribution in [0, 0.1) is 0 Å². The molecule has 1 N–H and O–H groups in total. The fraction of sp³-hybridized carbons (Fsp3) is 0.182. The minimum absolute atomic E-state index is 0.0913. The van der Waals surface area contributed by atoms with E-state index in [-0.39, 0.29) is 6.10 Å². The molecule has 0 bridgehead atoms. The smallest absolute Gasteiger partial charge is 0.309 e. The van der Waals surface area contributed by atoms with E-state index in [1.54, 1.807) is 6.41 Å². The fourth-order valence-corrected chi connectivity index (χ4v) is 1.39. The number of rotatable bonds is 3. The molecule has 0 saturated carbocycles. The molecule has 1 aliphatic rings. The Kier molecular flexibility index (Phi) is 2.49. The number of carbonyl (C=O) groups excluding carboxylic acids is 1. The van der Waals surface area contributed by atoms with E-state index < -0.39 is 0 Å². The first-order chi connectivity index (χ1) is 6.90. The van der Waals surface area contributed by atoms with Crippen molar-refractivity contribution in [1.82, 2.24) is 5.32 Å². The Labute approximate surface area is 82.4 Å². The number of ether oxygens (including phenoxy) is 1. The van der Waals surface area contributed by atoms with E-state index in [4.69, 9.17) is 4.74 Å². The van der Waals surface area contributed by atoms with Crippen LogP contribution >= 0.6 is 0 Å². The minimum atomic E-state index is -0.0913. The molecule has 3 nitrogen and oxygen atoms in total. The fourth-order valence-electron chi connectivity index (χ4n) is 1.39. The summed E-state index contributed by atoms with van der Waals surface area (Å²) in [5.74, 6) is 0.854. The van der Waals surface area contributed by atoms with Crippen LogP contribution in [0.1, 0.15) is 5.56 Å². The molecule has 1 unspecified atom stereocenters. The number of amides is 1. The van der Waals surface area contributed by atoms with Crippen LogP contribution in [0.15, 0.2) is 30.3 Å². The predicted molar refractivity (Wildman–Crippen MR) is 53.6 cm³/mol. The Morgan fingerprint density at radius 2 is 2.29 bits per heavy atom. The molecule has 2 rings (SSSR count). The molecule has 1 radical (unpaired) electrons. The summed E-state index contributed by atoms with van der Waals surface area (Å²) in [7, 11) is 0. The highest BCUT2D eigenvalue weighted by Crippen LogP contribution is 2.24. The average Bonchev–Trinajstić information content (AvgIpc) is 2.26. The zero-order valence-electron chi connectivity index (χ0n) is 7.57. The van der Waals surface area contributed by atoms with E-state index in [2.05, 4.69) is 5.32 Å². The normalized spacial score (nSPS) is 18.1. The molecule has 0 fully saturated rings. The van der Waals surface area contributed by atoms with Crippen molar-refractivity contribution in [3.8, 4) is 5.75 Å². The maximum absolute atomic E-state index is 9.98. The number of para-hydroxylation sites is 1. The predicted octanol–water partition coefficient (Wildman–Crippen LogP) is 1.12. The molecule has 0 saturated heterocycles. The van der Waals surface area contributed by atoms with Crippen molar-refractivity contribution in [3.05, 3.63) is 35.9 Å². The van der Waals surface area contributed by atoms with Gasteiger partial charge >= 0.3 is 6.41 Å². The van der Waals surface area contributed by atoms with Crippen LogP contribution in [0.25, 0.3) is 6.08 Å².